The van der Waals surface area contributed by atoms with Crippen LogP contribution in [0.3, 0.4) is 0 Å². The second-order valence-electron chi connectivity index (χ2n) is 5.27. The molecule has 0 spiro atoms. The van der Waals surface area contributed by atoms with Crippen LogP contribution in [-0.4, -0.2) is 17.8 Å². The molecule has 3 nitrogen and oxygen atoms in total. The van der Waals surface area contributed by atoms with Crippen LogP contribution in [0.5, 0.6) is 5.75 Å². The number of hydrogen-bond donors (Lipinski definition) is 2. The van der Waals surface area contributed by atoms with Crippen molar-refractivity contribution in [3.63, 3.8) is 0 Å². The number of halogens is 3. The van der Waals surface area contributed by atoms with E-state index in [-0.39, 0.29) is 0 Å². The van der Waals surface area contributed by atoms with E-state index in [0.717, 1.165) is 16.9 Å². The summed E-state index contributed by atoms with van der Waals surface area (Å²) in [5, 5.41) is 14.1. The van der Waals surface area contributed by atoms with Crippen LogP contribution in [0.4, 0.5) is 0 Å². The molecule has 0 fully saturated rings. The van der Waals surface area contributed by atoms with E-state index in [1.807, 2.05) is 18.2 Å². The summed E-state index contributed by atoms with van der Waals surface area (Å²) in [6, 6.07) is 10.9. The maximum absolute atomic E-state index is 9.31. The minimum absolute atomic E-state index is 0.377. The highest BCUT2D eigenvalue weighted by atomic mass is 35.5. The summed E-state index contributed by atoms with van der Waals surface area (Å²) in [6.07, 6.45) is -0.408. The van der Waals surface area contributed by atoms with Gasteiger partial charge in [0.05, 0.1) is 16.1 Å². The molecule has 2 aromatic carbocycles. The van der Waals surface area contributed by atoms with Crippen LogP contribution in [-0.2, 0) is 13.2 Å². The van der Waals surface area contributed by atoms with E-state index >= 15 is 0 Å². The lowest BCUT2D eigenvalue weighted by atomic mass is 10.2. The Hall–Kier alpha value is -0.970. The highest BCUT2D eigenvalue weighted by Gasteiger charge is 2.07. The molecule has 0 aliphatic heterocycles. The highest BCUT2D eigenvalue weighted by molar-refractivity contribution is 6.42. The minimum Gasteiger partial charge on any atom is -0.489 e. The van der Waals surface area contributed by atoms with Crippen LogP contribution in [0.25, 0.3) is 0 Å². The third kappa shape index (κ3) is 5.87. The van der Waals surface area contributed by atoms with Crippen molar-refractivity contribution in [3.05, 3.63) is 62.6 Å². The molecule has 124 valence electrons. The predicted octanol–water partition coefficient (Wildman–Crippen LogP) is 4.70. The molecular weight excluding hydrogens is 357 g/mol. The third-order valence-corrected chi connectivity index (χ3v) is 4.13. The Morgan fingerprint density at radius 3 is 2.57 bits per heavy atom. The van der Waals surface area contributed by atoms with Gasteiger partial charge in [-0.05, 0) is 42.8 Å². The summed E-state index contributed by atoms with van der Waals surface area (Å²) < 4.78 is 5.87. The molecule has 0 aromatic heterocycles. The fourth-order valence-corrected chi connectivity index (χ4v) is 2.55. The van der Waals surface area contributed by atoms with Gasteiger partial charge in [0.15, 0.2) is 0 Å². The third-order valence-electron chi connectivity index (χ3n) is 3.16. The fourth-order valence-electron chi connectivity index (χ4n) is 2.03. The van der Waals surface area contributed by atoms with Crippen LogP contribution >= 0.6 is 34.8 Å². The summed E-state index contributed by atoms with van der Waals surface area (Å²) in [7, 11) is 0. The molecule has 0 radical (unpaired) electrons. The van der Waals surface area contributed by atoms with Crippen LogP contribution in [0.15, 0.2) is 36.4 Å². The van der Waals surface area contributed by atoms with Gasteiger partial charge in [-0.1, -0.05) is 40.9 Å². The summed E-state index contributed by atoms with van der Waals surface area (Å²) in [4.78, 5) is 0. The molecule has 1 atom stereocenters. The second-order valence-corrected chi connectivity index (χ2v) is 6.52. The van der Waals surface area contributed by atoms with E-state index in [1.54, 1.807) is 25.1 Å². The predicted molar refractivity (Wildman–Crippen MR) is 95.6 cm³/mol. The Morgan fingerprint density at radius 2 is 1.87 bits per heavy atom. The molecule has 2 N–H and O–H groups in total. The Labute approximate surface area is 151 Å². The number of nitrogens with one attached hydrogen (secondary N) is 1. The Morgan fingerprint density at radius 1 is 1.09 bits per heavy atom. The fraction of sp³-hybridized carbons (Fsp3) is 0.294. The summed E-state index contributed by atoms with van der Waals surface area (Å²) in [6.45, 7) is 3.16. The zero-order chi connectivity index (χ0) is 16.8. The molecule has 0 aliphatic rings. The lowest BCUT2D eigenvalue weighted by Gasteiger charge is -2.14. The van der Waals surface area contributed by atoms with Crippen molar-refractivity contribution >= 4 is 34.8 Å². The van der Waals surface area contributed by atoms with E-state index in [9.17, 15) is 5.11 Å². The van der Waals surface area contributed by atoms with Gasteiger partial charge < -0.3 is 15.2 Å². The van der Waals surface area contributed by atoms with E-state index in [2.05, 4.69) is 5.32 Å². The van der Waals surface area contributed by atoms with E-state index in [0.29, 0.717) is 34.8 Å². The van der Waals surface area contributed by atoms with Crippen molar-refractivity contribution in [1.82, 2.24) is 5.32 Å². The lowest BCUT2D eigenvalue weighted by molar-refractivity contribution is 0.190. The monoisotopic (exact) mass is 373 g/mol. The SMILES string of the molecule is C[C@@H](O)CNCc1cc(Cl)ccc1OCc1ccc(Cl)c(Cl)c1. The standard InChI is InChI=1S/C17H18Cl3NO2/c1-11(22)8-21-9-13-7-14(18)3-5-17(13)23-10-12-2-4-15(19)16(20)6-12/h2-7,11,21-22H,8-10H2,1H3/t11-/m1/s1. The Balaban J connectivity index is 2.04. The van der Waals surface area contributed by atoms with Crippen LogP contribution in [0.1, 0.15) is 18.1 Å². The summed E-state index contributed by atoms with van der Waals surface area (Å²) >= 11 is 18.0. The van der Waals surface area contributed by atoms with Crippen molar-refractivity contribution in [2.45, 2.75) is 26.2 Å². The molecule has 0 bridgehead atoms. The first kappa shape index (κ1) is 18.4. The molecule has 0 unspecified atom stereocenters. The van der Waals surface area contributed by atoms with Gasteiger partial charge in [0.25, 0.3) is 0 Å². The van der Waals surface area contributed by atoms with Crippen molar-refractivity contribution in [2.75, 3.05) is 6.54 Å². The van der Waals surface area contributed by atoms with Crippen molar-refractivity contribution < 1.29 is 9.84 Å². The first-order valence-corrected chi connectivity index (χ1v) is 8.33. The molecule has 0 amide bonds. The van der Waals surface area contributed by atoms with Crippen molar-refractivity contribution in [3.8, 4) is 5.75 Å². The van der Waals surface area contributed by atoms with Gasteiger partial charge in [-0.25, -0.2) is 0 Å². The van der Waals surface area contributed by atoms with Crippen LogP contribution < -0.4 is 10.1 Å². The maximum atomic E-state index is 9.31. The minimum atomic E-state index is -0.408. The maximum Gasteiger partial charge on any atom is 0.124 e. The Bertz CT molecular complexity index is 662. The van der Waals surface area contributed by atoms with Gasteiger partial charge in [0, 0.05) is 23.7 Å². The quantitative estimate of drug-likeness (QED) is 0.738. The molecule has 0 saturated carbocycles. The van der Waals surface area contributed by atoms with Gasteiger partial charge in [-0.3, -0.25) is 0 Å². The second kappa shape index (κ2) is 8.76. The van der Waals surface area contributed by atoms with Gasteiger partial charge in [0.2, 0.25) is 0 Å². The molecular formula is C17H18Cl3NO2. The first-order chi connectivity index (χ1) is 11.0. The molecule has 0 saturated heterocycles. The van der Waals surface area contributed by atoms with Crippen LogP contribution in [0.2, 0.25) is 15.1 Å². The number of aliphatic hydroxyl groups excluding tert-OH is 1. The van der Waals surface area contributed by atoms with Gasteiger partial charge >= 0.3 is 0 Å². The smallest absolute Gasteiger partial charge is 0.124 e. The number of aliphatic hydroxyl groups is 1. The van der Waals surface area contributed by atoms with Crippen molar-refractivity contribution in [2.24, 2.45) is 0 Å². The molecule has 23 heavy (non-hydrogen) atoms. The molecule has 0 aliphatic carbocycles. The average Bonchev–Trinajstić information content (AvgIpc) is 2.49. The molecule has 2 aromatic rings. The summed E-state index contributed by atoms with van der Waals surface area (Å²) in [5.74, 6) is 0.735. The highest BCUT2D eigenvalue weighted by Crippen LogP contribution is 2.26. The number of rotatable bonds is 7. The lowest BCUT2D eigenvalue weighted by Crippen LogP contribution is -2.24. The van der Waals surface area contributed by atoms with E-state index < -0.39 is 6.10 Å². The van der Waals surface area contributed by atoms with Gasteiger partial charge in [-0.2, -0.15) is 0 Å². The van der Waals surface area contributed by atoms with Crippen molar-refractivity contribution in [1.29, 1.82) is 0 Å². The van der Waals surface area contributed by atoms with Crippen LogP contribution in [0, 0.1) is 0 Å². The normalized spacial score (nSPS) is 12.2. The molecule has 2 rings (SSSR count). The number of ether oxygens (including phenoxy) is 1. The number of hydrogen-bond acceptors (Lipinski definition) is 3. The molecule has 6 heteroatoms. The van der Waals surface area contributed by atoms with E-state index in [1.165, 1.54) is 0 Å². The van der Waals surface area contributed by atoms with E-state index in [4.69, 9.17) is 39.5 Å². The van der Waals surface area contributed by atoms with Gasteiger partial charge in [-0.15, -0.1) is 0 Å². The van der Waals surface area contributed by atoms with Gasteiger partial charge in [0.1, 0.15) is 12.4 Å². The zero-order valence-electron chi connectivity index (χ0n) is 12.7. The largest absolute Gasteiger partial charge is 0.489 e. The summed E-state index contributed by atoms with van der Waals surface area (Å²) in [5.41, 5.74) is 1.86. The average molecular weight is 375 g/mol. The molecule has 0 heterocycles. The topological polar surface area (TPSA) is 41.5 Å². The first-order valence-electron chi connectivity index (χ1n) is 7.19. The Kier molecular flexibility index (Phi) is 7.00. The zero-order valence-corrected chi connectivity index (χ0v) is 14.9. The number of benzene rings is 2.